The molecule has 5 nitrogen and oxygen atoms in total. The highest BCUT2D eigenvalue weighted by Crippen LogP contribution is 2.34. The summed E-state index contributed by atoms with van der Waals surface area (Å²) in [5.41, 5.74) is 2.10. The van der Waals surface area contributed by atoms with Gasteiger partial charge in [0.15, 0.2) is 5.16 Å². The Balaban J connectivity index is 1.70. The molecule has 27 heavy (non-hydrogen) atoms. The third-order valence-electron chi connectivity index (χ3n) is 3.55. The van der Waals surface area contributed by atoms with Gasteiger partial charge < -0.3 is 5.32 Å². The number of benzene rings is 2. The SMILES string of the molecule is Cc1ccc(-n2cnnc2SCC(=O)Nc2c(Cl)cc(Cl)cc2Cl)cc1Cl. The summed E-state index contributed by atoms with van der Waals surface area (Å²) >= 11 is 25.4. The van der Waals surface area contributed by atoms with Crippen LogP contribution < -0.4 is 5.32 Å². The van der Waals surface area contributed by atoms with Crippen LogP contribution in [0.1, 0.15) is 5.56 Å². The van der Waals surface area contributed by atoms with Crippen molar-refractivity contribution in [3.63, 3.8) is 0 Å². The summed E-state index contributed by atoms with van der Waals surface area (Å²) in [6.45, 7) is 1.92. The smallest absolute Gasteiger partial charge is 0.234 e. The molecular formula is C17H12Cl4N4OS. The molecule has 3 rings (SSSR count). The normalized spacial score (nSPS) is 10.9. The maximum Gasteiger partial charge on any atom is 0.234 e. The lowest BCUT2D eigenvalue weighted by Gasteiger charge is -2.10. The molecule has 10 heteroatoms. The Morgan fingerprint density at radius 3 is 2.48 bits per heavy atom. The Kier molecular flexibility index (Phi) is 6.55. The molecule has 3 aromatic rings. The number of amides is 1. The lowest BCUT2D eigenvalue weighted by atomic mass is 10.2. The van der Waals surface area contributed by atoms with Gasteiger partial charge in [0.1, 0.15) is 6.33 Å². The molecule has 0 saturated heterocycles. The first-order chi connectivity index (χ1) is 12.8. The number of hydrogen-bond donors (Lipinski definition) is 1. The van der Waals surface area contributed by atoms with E-state index in [-0.39, 0.29) is 21.7 Å². The summed E-state index contributed by atoms with van der Waals surface area (Å²) in [6.07, 6.45) is 1.56. The summed E-state index contributed by atoms with van der Waals surface area (Å²) < 4.78 is 1.76. The van der Waals surface area contributed by atoms with E-state index in [4.69, 9.17) is 46.4 Å². The van der Waals surface area contributed by atoms with E-state index in [1.54, 1.807) is 10.9 Å². The van der Waals surface area contributed by atoms with Crippen LogP contribution in [0.4, 0.5) is 5.69 Å². The van der Waals surface area contributed by atoms with Gasteiger partial charge >= 0.3 is 0 Å². The van der Waals surface area contributed by atoms with Crippen molar-refractivity contribution in [2.24, 2.45) is 0 Å². The number of rotatable bonds is 5. The van der Waals surface area contributed by atoms with Crippen molar-refractivity contribution in [1.82, 2.24) is 14.8 Å². The van der Waals surface area contributed by atoms with Crippen molar-refractivity contribution in [2.75, 3.05) is 11.1 Å². The van der Waals surface area contributed by atoms with Crippen molar-refractivity contribution < 1.29 is 4.79 Å². The first kappa shape index (κ1) is 20.3. The van der Waals surface area contributed by atoms with Crippen LogP contribution in [0.25, 0.3) is 5.69 Å². The third-order valence-corrected chi connectivity index (χ3v) is 5.72. The fourth-order valence-electron chi connectivity index (χ4n) is 2.20. The second-order valence-electron chi connectivity index (χ2n) is 5.50. The monoisotopic (exact) mass is 460 g/mol. The minimum Gasteiger partial charge on any atom is -0.323 e. The number of nitrogens with one attached hydrogen (secondary N) is 1. The maximum atomic E-state index is 12.3. The Morgan fingerprint density at radius 1 is 1.11 bits per heavy atom. The molecule has 0 fully saturated rings. The molecule has 0 unspecified atom stereocenters. The summed E-state index contributed by atoms with van der Waals surface area (Å²) in [6, 6.07) is 8.65. The topological polar surface area (TPSA) is 59.8 Å². The molecule has 0 aliphatic rings. The molecule has 0 aliphatic carbocycles. The van der Waals surface area contributed by atoms with Crippen LogP contribution in [-0.2, 0) is 4.79 Å². The van der Waals surface area contributed by atoms with Crippen LogP contribution in [0.5, 0.6) is 0 Å². The van der Waals surface area contributed by atoms with Gasteiger partial charge in [0.05, 0.1) is 27.2 Å². The largest absolute Gasteiger partial charge is 0.323 e. The van der Waals surface area contributed by atoms with Gasteiger partial charge in [-0.2, -0.15) is 0 Å². The van der Waals surface area contributed by atoms with Crippen LogP contribution in [-0.4, -0.2) is 26.4 Å². The Bertz CT molecular complexity index is 985. The quantitative estimate of drug-likeness (QED) is 0.479. The van der Waals surface area contributed by atoms with Gasteiger partial charge in [0.25, 0.3) is 0 Å². The molecule has 0 atom stereocenters. The third kappa shape index (κ3) is 4.89. The summed E-state index contributed by atoms with van der Waals surface area (Å²) in [7, 11) is 0. The Morgan fingerprint density at radius 2 is 1.81 bits per heavy atom. The van der Waals surface area contributed by atoms with E-state index < -0.39 is 0 Å². The minimum absolute atomic E-state index is 0.0908. The van der Waals surface area contributed by atoms with Crippen LogP contribution >= 0.6 is 58.2 Å². The van der Waals surface area contributed by atoms with Gasteiger partial charge in [0, 0.05) is 10.0 Å². The molecule has 0 bridgehead atoms. The lowest BCUT2D eigenvalue weighted by molar-refractivity contribution is -0.113. The number of aryl methyl sites for hydroxylation is 1. The fourth-order valence-corrected chi connectivity index (χ4v) is 4.01. The van der Waals surface area contributed by atoms with Gasteiger partial charge in [-0.3, -0.25) is 9.36 Å². The zero-order valence-corrected chi connectivity index (χ0v) is 17.7. The molecular weight excluding hydrogens is 450 g/mol. The summed E-state index contributed by atoms with van der Waals surface area (Å²) in [4.78, 5) is 12.3. The van der Waals surface area contributed by atoms with Gasteiger partial charge in [-0.25, -0.2) is 0 Å². The number of anilines is 1. The first-order valence-electron chi connectivity index (χ1n) is 7.59. The van der Waals surface area contributed by atoms with E-state index in [1.165, 1.54) is 23.9 Å². The molecule has 0 aliphatic heterocycles. The zero-order valence-electron chi connectivity index (χ0n) is 13.8. The number of thioether (sulfide) groups is 1. The molecule has 140 valence electrons. The van der Waals surface area contributed by atoms with Crippen LogP contribution in [0.15, 0.2) is 41.8 Å². The Labute approximate surface area is 180 Å². The van der Waals surface area contributed by atoms with Crippen LogP contribution in [0.2, 0.25) is 20.1 Å². The minimum atomic E-state index is -0.289. The van der Waals surface area contributed by atoms with Gasteiger partial charge in [0.2, 0.25) is 5.91 Å². The van der Waals surface area contributed by atoms with Crippen molar-refractivity contribution in [3.8, 4) is 5.69 Å². The number of aromatic nitrogens is 3. The van der Waals surface area contributed by atoms with Gasteiger partial charge in [-0.15, -0.1) is 10.2 Å². The molecule has 1 heterocycles. The standard InChI is InChI=1S/C17H12Cl4N4OS/c1-9-2-3-11(6-12(9)19)25-8-22-24-17(25)27-7-15(26)23-16-13(20)4-10(18)5-14(16)21/h2-6,8H,7H2,1H3,(H,23,26). The highest BCUT2D eigenvalue weighted by Gasteiger charge is 2.14. The molecule has 1 amide bonds. The number of nitrogens with zero attached hydrogens (tertiary/aromatic N) is 3. The lowest BCUT2D eigenvalue weighted by Crippen LogP contribution is -2.15. The van der Waals surface area contributed by atoms with E-state index in [2.05, 4.69) is 15.5 Å². The van der Waals surface area contributed by atoms with Gasteiger partial charge in [-0.1, -0.05) is 64.2 Å². The molecule has 0 spiro atoms. The van der Waals surface area contributed by atoms with Crippen molar-refractivity contribution >= 4 is 69.8 Å². The van der Waals surface area contributed by atoms with E-state index in [1.807, 2.05) is 25.1 Å². The second kappa shape index (κ2) is 8.71. The predicted molar refractivity (Wildman–Crippen MR) is 112 cm³/mol. The number of halogens is 4. The van der Waals surface area contributed by atoms with E-state index in [0.717, 1.165) is 11.3 Å². The average Bonchev–Trinajstić information content (AvgIpc) is 3.07. The first-order valence-corrected chi connectivity index (χ1v) is 10.1. The van der Waals surface area contributed by atoms with Crippen molar-refractivity contribution in [2.45, 2.75) is 12.1 Å². The predicted octanol–water partition coefficient (Wildman–Crippen LogP) is 5.92. The summed E-state index contributed by atoms with van der Waals surface area (Å²) in [5.74, 6) is -0.198. The number of carbonyl (C=O) groups excluding carboxylic acids is 1. The van der Waals surface area contributed by atoms with Crippen molar-refractivity contribution in [3.05, 3.63) is 62.3 Å². The molecule has 1 N–H and O–H groups in total. The molecule has 0 radical (unpaired) electrons. The van der Waals surface area contributed by atoms with Crippen LogP contribution in [0.3, 0.4) is 0 Å². The second-order valence-corrected chi connectivity index (χ2v) is 8.10. The average molecular weight is 462 g/mol. The van der Waals surface area contributed by atoms with E-state index in [9.17, 15) is 4.79 Å². The van der Waals surface area contributed by atoms with E-state index >= 15 is 0 Å². The van der Waals surface area contributed by atoms with Gasteiger partial charge in [-0.05, 0) is 36.8 Å². The summed E-state index contributed by atoms with van der Waals surface area (Å²) in [5, 5.41) is 12.8. The van der Waals surface area contributed by atoms with Crippen molar-refractivity contribution in [1.29, 1.82) is 0 Å². The Hall–Kier alpha value is -1.44. The fraction of sp³-hybridized carbons (Fsp3) is 0.118. The molecule has 0 saturated carbocycles. The molecule has 2 aromatic carbocycles. The maximum absolute atomic E-state index is 12.3. The highest BCUT2D eigenvalue weighted by atomic mass is 35.5. The number of hydrogen-bond acceptors (Lipinski definition) is 4. The number of carbonyl (C=O) groups is 1. The molecule has 1 aromatic heterocycles. The zero-order chi connectivity index (χ0) is 19.6. The highest BCUT2D eigenvalue weighted by molar-refractivity contribution is 7.99. The van der Waals surface area contributed by atoms with E-state index in [0.29, 0.717) is 20.9 Å². The van der Waals surface area contributed by atoms with Crippen LogP contribution in [0, 0.1) is 6.92 Å².